The minimum absolute atomic E-state index is 0.0313. The molecule has 1 aliphatic rings. The van der Waals surface area contributed by atoms with Gasteiger partial charge < -0.3 is 20.0 Å². The molecule has 2 amide bonds. The number of benzene rings is 2. The summed E-state index contributed by atoms with van der Waals surface area (Å²) in [6, 6.07) is 15.1. The second-order valence-electron chi connectivity index (χ2n) is 8.40. The monoisotopic (exact) mass is 445 g/mol. The van der Waals surface area contributed by atoms with Gasteiger partial charge in [-0.15, -0.1) is 0 Å². The third kappa shape index (κ3) is 5.14. The second kappa shape index (κ2) is 10.0. The molecule has 0 bridgehead atoms. The molecule has 0 aliphatic carbocycles. The molecule has 0 saturated carbocycles. The van der Waals surface area contributed by atoms with Crippen LogP contribution in [0.1, 0.15) is 34.6 Å². The van der Waals surface area contributed by atoms with Crippen molar-refractivity contribution in [1.82, 2.24) is 14.8 Å². The molecule has 2 heterocycles. The first-order chi connectivity index (χ1) is 16.0. The van der Waals surface area contributed by atoms with E-state index in [0.717, 1.165) is 55.9 Å². The van der Waals surface area contributed by atoms with Crippen molar-refractivity contribution in [2.24, 2.45) is 0 Å². The third-order valence-electron chi connectivity index (χ3n) is 6.24. The van der Waals surface area contributed by atoms with Crippen molar-refractivity contribution in [2.75, 3.05) is 56.5 Å². The zero-order valence-electron chi connectivity index (χ0n) is 19.5. The van der Waals surface area contributed by atoms with E-state index >= 15 is 0 Å². The topological polar surface area (TPSA) is 68.8 Å². The minimum Gasteiger partial charge on any atom is -0.372 e. The van der Waals surface area contributed by atoms with Crippen LogP contribution in [-0.4, -0.2) is 72.9 Å². The van der Waals surface area contributed by atoms with Gasteiger partial charge in [-0.25, -0.2) is 0 Å². The van der Waals surface area contributed by atoms with Gasteiger partial charge in [-0.3, -0.25) is 14.6 Å². The number of piperazine rings is 1. The number of hydrogen-bond acceptors (Lipinski definition) is 5. The van der Waals surface area contributed by atoms with Crippen molar-refractivity contribution >= 4 is 34.1 Å². The lowest BCUT2D eigenvalue weighted by Gasteiger charge is -2.32. The van der Waals surface area contributed by atoms with Gasteiger partial charge in [-0.2, -0.15) is 0 Å². The molecule has 1 fully saturated rings. The van der Waals surface area contributed by atoms with E-state index in [4.69, 9.17) is 0 Å². The number of fused-ring (bicyclic) bond motifs is 1. The predicted octanol–water partition coefficient (Wildman–Crippen LogP) is 3.72. The average molecular weight is 446 g/mol. The number of likely N-dealkylation sites (N-methyl/N-ethyl adjacent to an activating group) is 1. The van der Waals surface area contributed by atoms with Crippen LogP contribution in [0.3, 0.4) is 0 Å². The fourth-order valence-electron chi connectivity index (χ4n) is 4.11. The average Bonchev–Trinajstić information content (AvgIpc) is 2.85. The van der Waals surface area contributed by atoms with Crippen molar-refractivity contribution < 1.29 is 9.59 Å². The van der Waals surface area contributed by atoms with Gasteiger partial charge in [0.25, 0.3) is 11.8 Å². The molecule has 7 heteroatoms. The molecule has 0 radical (unpaired) electrons. The van der Waals surface area contributed by atoms with Crippen LogP contribution in [0.25, 0.3) is 10.9 Å². The van der Waals surface area contributed by atoms with Crippen LogP contribution in [0.2, 0.25) is 0 Å². The summed E-state index contributed by atoms with van der Waals surface area (Å²) in [7, 11) is 2.06. The molecular formula is C26H31N5O2. The summed E-state index contributed by atoms with van der Waals surface area (Å²) >= 11 is 0. The summed E-state index contributed by atoms with van der Waals surface area (Å²) in [6.07, 6.45) is 1.61. The molecule has 1 aromatic heterocycles. The number of anilines is 2. The van der Waals surface area contributed by atoms with Crippen molar-refractivity contribution in [3.63, 3.8) is 0 Å². The highest BCUT2D eigenvalue weighted by Crippen LogP contribution is 2.22. The Hall–Kier alpha value is -3.45. The van der Waals surface area contributed by atoms with E-state index in [-0.39, 0.29) is 11.8 Å². The summed E-state index contributed by atoms with van der Waals surface area (Å²) in [4.78, 5) is 36.3. The molecule has 0 unspecified atom stereocenters. The standard InChI is InChI=1S/C26H31N5O2/c1-4-30(5-2)23-11-8-20-16-21(18-27-24(20)17-23)25(32)28-22-9-6-19(7-10-22)26(33)31-14-12-29(3)13-15-31/h6-11,16-18H,4-5,12-15H2,1-3H3,(H,28,32). The SMILES string of the molecule is CCN(CC)c1ccc2cc(C(=O)Nc3ccc(C(=O)N4CCN(C)CC4)cc3)cnc2c1. The molecule has 2 aromatic carbocycles. The van der Waals surface area contributed by atoms with E-state index in [1.54, 1.807) is 30.5 Å². The molecule has 33 heavy (non-hydrogen) atoms. The highest BCUT2D eigenvalue weighted by Gasteiger charge is 2.20. The Morgan fingerprint density at radius 2 is 1.64 bits per heavy atom. The van der Waals surface area contributed by atoms with E-state index in [0.29, 0.717) is 16.8 Å². The molecule has 7 nitrogen and oxygen atoms in total. The maximum atomic E-state index is 12.8. The summed E-state index contributed by atoms with van der Waals surface area (Å²) in [5.74, 6) is -0.195. The smallest absolute Gasteiger partial charge is 0.257 e. The van der Waals surface area contributed by atoms with E-state index < -0.39 is 0 Å². The van der Waals surface area contributed by atoms with Gasteiger partial charge in [0.05, 0.1) is 11.1 Å². The lowest BCUT2D eigenvalue weighted by atomic mass is 10.1. The summed E-state index contributed by atoms with van der Waals surface area (Å²) in [5.41, 5.74) is 3.77. The van der Waals surface area contributed by atoms with Crippen LogP contribution in [0.5, 0.6) is 0 Å². The van der Waals surface area contributed by atoms with Gasteiger partial charge in [0.1, 0.15) is 0 Å². The lowest BCUT2D eigenvalue weighted by molar-refractivity contribution is 0.0664. The second-order valence-corrected chi connectivity index (χ2v) is 8.40. The highest BCUT2D eigenvalue weighted by molar-refractivity contribution is 6.06. The first kappa shape index (κ1) is 22.7. The highest BCUT2D eigenvalue weighted by atomic mass is 16.2. The Bertz CT molecular complexity index is 1130. The first-order valence-corrected chi connectivity index (χ1v) is 11.5. The van der Waals surface area contributed by atoms with Gasteiger partial charge in [0.15, 0.2) is 0 Å². The molecule has 3 aromatic rings. The van der Waals surface area contributed by atoms with Crippen molar-refractivity contribution in [3.05, 3.63) is 65.9 Å². The zero-order valence-corrected chi connectivity index (χ0v) is 19.5. The predicted molar refractivity (Wildman–Crippen MR) is 133 cm³/mol. The Morgan fingerprint density at radius 3 is 2.30 bits per heavy atom. The van der Waals surface area contributed by atoms with Crippen LogP contribution < -0.4 is 10.2 Å². The number of aromatic nitrogens is 1. The van der Waals surface area contributed by atoms with Gasteiger partial charge in [0.2, 0.25) is 0 Å². The Morgan fingerprint density at radius 1 is 0.939 bits per heavy atom. The first-order valence-electron chi connectivity index (χ1n) is 11.5. The van der Waals surface area contributed by atoms with Gasteiger partial charge in [-0.1, -0.05) is 6.07 Å². The van der Waals surface area contributed by atoms with Crippen molar-refractivity contribution in [1.29, 1.82) is 0 Å². The molecular weight excluding hydrogens is 414 g/mol. The molecule has 172 valence electrons. The molecule has 1 aliphatic heterocycles. The number of amides is 2. The molecule has 1 N–H and O–H groups in total. The van der Waals surface area contributed by atoms with Crippen molar-refractivity contribution in [2.45, 2.75) is 13.8 Å². The number of carbonyl (C=O) groups excluding carboxylic acids is 2. The Kier molecular flexibility index (Phi) is 6.89. The van der Waals surface area contributed by atoms with E-state index in [9.17, 15) is 9.59 Å². The van der Waals surface area contributed by atoms with Crippen molar-refractivity contribution in [3.8, 4) is 0 Å². The number of nitrogens with one attached hydrogen (secondary N) is 1. The summed E-state index contributed by atoms with van der Waals surface area (Å²) in [5, 5.41) is 3.83. The van der Waals surface area contributed by atoms with Crippen LogP contribution in [0, 0.1) is 0 Å². The summed E-state index contributed by atoms with van der Waals surface area (Å²) in [6.45, 7) is 9.36. The normalized spacial score (nSPS) is 14.3. The van der Waals surface area contributed by atoms with Crippen LogP contribution in [0.15, 0.2) is 54.7 Å². The largest absolute Gasteiger partial charge is 0.372 e. The maximum absolute atomic E-state index is 12.8. The molecule has 0 spiro atoms. The number of pyridine rings is 1. The van der Waals surface area contributed by atoms with Crippen LogP contribution in [0.4, 0.5) is 11.4 Å². The van der Waals surface area contributed by atoms with Gasteiger partial charge in [0, 0.05) is 67.8 Å². The number of rotatable bonds is 6. The quantitative estimate of drug-likeness (QED) is 0.626. The molecule has 4 rings (SSSR count). The van der Waals surface area contributed by atoms with E-state index in [1.807, 2.05) is 17.0 Å². The Labute approximate surface area is 195 Å². The van der Waals surface area contributed by atoms with Crippen LogP contribution >= 0.6 is 0 Å². The fourth-order valence-corrected chi connectivity index (χ4v) is 4.11. The van der Waals surface area contributed by atoms with E-state index in [1.165, 1.54) is 0 Å². The maximum Gasteiger partial charge on any atom is 0.257 e. The van der Waals surface area contributed by atoms with Crippen LogP contribution in [-0.2, 0) is 0 Å². The zero-order chi connectivity index (χ0) is 23.4. The number of hydrogen-bond donors (Lipinski definition) is 1. The minimum atomic E-state index is -0.227. The molecule has 0 atom stereocenters. The van der Waals surface area contributed by atoms with E-state index in [2.05, 4.69) is 53.1 Å². The van der Waals surface area contributed by atoms with Gasteiger partial charge in [-0.05, 0) is 63.4 Å². The van der Waals surface area contributed by atoms with Gasteiger partial charge >= 0.3 is 0 Å². The fraction of sp³-hybridized carbons (Fsp3) is 0.346. The number of carbonyl (C=O) groups is 2. The third-order valence-corrected chi connectivity index (χ3v) is 6.24. The lowest BCUT2D eigenvalue weighted by Crippen LogP contribution is -2.47. The summed E-state index contributed by atoms with van der Waals surface area (Å²) < 4.78 is 0. The number of nitrogens with zero attached hydrogens (tertiary/aromatic N) is 4. The molecule has 1 saturated heterocycles. The Balaban J connectivity index is 1.43.